The lowest BCUT2D eigenvalue weighted by Crippen LogP contribution is -2.33. The molecule has 16 heavy (non-hydrogen) atoms. The van der Waals surface area contributed by atoms with E-state index in [9.17, 15) is 9.18 Å². The Morgan fingerprint density at radius 2 is 2.25 bits per heavy atom. The van der Waals surface area contributed by atoms with Gasteiger partial charge in [-0.1, -0.05) is 0 Å². The first-order valence-corrected chi connectivity index (χ1v) is 5.39. The van der Waals surface area contributed by atoms with E-state index in [4.69, 9.17) is 0 Å². The van der Waals surface area contributed by atoms with Crippen LogP contribution in [0.3, 0.4) is 0 Å². The van der Waals surface area contributed by atoms with Crippen molar-refractivity contribution >= 4 is 5.91 Å². The van der Waals surface area contributed by atoms with Crippen LogP contribution < -0.4 is 10.6 Å². The number of halogens is 1. The van der Waals surface area contributed by atoms with Gasteiger partial charge in [-0.05, 0) is 25.0 Å². The zero-order valence-corrected chi connectivity index (χ0v) is 8.87. The molecule has 0 atom stereocenters. The lowest BCUT2D eigenvalue weighted by Gasteiger charge is -2.05. The van der Waals surface area contributed by atoms with E-state index in [0.29, 0.717) is 12.6 Å². The van der Waals surface area contributed by atoms with Gasteiger partial charge in [0, 0.05) is 19.1 Å². The fourth-order valence-electron chi connectivity index (χ4n) is 1.34. The summed E-state index contributed by atoms with van der Waals surface area (Å²) in [5.74, 6) is -0.704. The van der Waals surface area contributed by atoms with E-state index >= 15 is 0 Å². The number of aromatic nitrogens is 1. The highest BCUT2D eigenvalue weighted by atomic mass is 19.1. The molecule has 1 aliphatic carbocycles. The normalized spacial score (nSPS) is 14.8. The van der Waals surface area contributed by atoms with Gasteiger partial charge in [0.1, 0.15) is 11.5 Å². The maximum absolute atomic E-state index is 12.5. The van der Waals surface area contributed by atoms with Crippen molar-refractivity contribution < 1.29 is 9.18 Å². The van der Waals surface area contributed by atoms with Crippen LogP contribution in [0, 0.1) is 5.82 Å². The van der Waals surface area contributed by atoms with Crippen LogP contribution in [-0.2, 0) is 0 Å². The summed E-state index contributed by atoms with van der Waals surface area (Å²) in [6.07, 6.45) is 3.50. The average Bonchev–Trinajstić information content (AvgIpc) is 3.09. The van der Waals surface area contributed by atoms with Gasteiger partial charge in [-0.2, -0.15) is 0 Å². The van der Waals surface area contributed by atoms with Gasteiger partial charge in [-0.3, -0.25) is 4.79 Å². The Labute approximate surface area is 93.3 Å². The predicted octanol–water partition coefficient (Wildman–Crippen LogP) is 0.702. The fourth-order valence-corrected chi connectivity index (χ4v) is 1.34. The van der Waals surface area contributed by atoms with Crippen LogP contribution in [0.15, 0.2) is 18.3 Å². The van der Waals surface area contributed by atoms with Gasteiger partial charge < -0.3 is 10.6 Å². The first-order chi connectivity index (χ1) is 7.75. The molecule has 0 aromatic carbocycles. The first kappa shape index (κ1) is 11.0. The van der Waals surface area contributed by atoms with Crippen molar-refractivity contribution in [1.29, 1.82) is 0 Å². The van der Waals surface area contributed by atoms with E-state index in [1.807, 2.05) is 0 Å². The minimum absolute atomic E-state index is 0.243. The summed E-state index contributed by atoms with van der Waals surface area (Å²) in [6.45, 7) is 1.33. The number of nitrogens with zero attached hydrogens (tertiary/aromatic N) is 1. The molecule has 0 spiro atoms. The number of hydrogen-bond acceptors (Lipinski definition) is 3. The molecule has 2 rings (SSSR count). The molecule has 0 saturated heterocycles. The van der Waals surface area contributed by atoms with Crippen LogP contribution in [0.25, 0.3) is 0 Å². The van der Waals surface area contributed by atoms with Gasteiger partial charge in [-0.25, -0.2) is 9.37 Å². The van der Waals surface area contributed by atoms with Gasteiger partial charge in [0.15, 0.2) is 0 Å². The number of carbonyl (C=O) groups is 1. The number of hydrogen-bond donors (Lipinski definition) is 2. The number of carbonyl (C=O) groups excluding carboxylic acids is 1. The minimum atomic E-state index is -0.438. The number of amides is 1. The van der Waals surface area contributed by atoms with Crippen LogP contribution in [0.5, 0.6) is 0 Å². The summed E-state index contributed by atoms with van der Waals surface area (Å²) in [7, 11) is 0. The van der Waals surface area contributed by atoms with Crippen molar-refractivity contribution in [3.8, 4) is 0 Å². The Hall–Kier alpha value is -1.49. The van der Waals surface area contributed by atoms with E-state index in [-0.39, 0.29) is 11.6 Å². The van der Waals surface area contributed by atoms with Gasteiger partial charge in [0.2, 0.25) is 0 Å². The van der Waals surface area contributed by atoms with Gasteiger partial charge in [0.05, 0.1) is 6.20 Å². The summed E-state index contributed by atoms with van der Waals surface area (Å²) >= 11 is 0. The van der Waals surface area contributed by atoms with Crippen molar-refractivity contribution in [1.82, 2.24) is 15.6 Å². The maximum atomic E-state index is 12.5. The molecule has 1 aromatic rings. The lowest BCUT2D eigenvalue weighted by atomic mass is 10.3. The Morgan fingerprint density at radius 1 is 1.44 bits per heavy atom. The molecule has 0 bridgehead atoms. The van der Waals surface area contributed by atoms with Crippen LogP contribution in [-0.4, -0.2) is 30.0 Å². The molecule has 0 radical (unpaired) electrons. The largest absolute Gasteiger partial charge is 0.349 e. The van der Waals surface area contributed by atoms with Crippen molar-refractivity contribution in [2.24, 2.45) is 0 Å². The summed E-state index contributed by atoms with van der Waals surface area (Å²) < 4.78 is 12.5. The molecular formula is C11H14FN3O. The second-order valence-corrected chi connectivity index (χ2v) is 3.85. The van der Waals surface area contributed by atoms with Gasteiger partial charge in [-0.15, -0.1) is 0 Å². The third-order valence-electron chi connectivity index (χ3n) is 2.38. The van der Waals surface area contributed by atoms with Crippen LogP contribution >= 0.6 is 0 Å². The standard InChI is InChI=1S/C11H14FN3O/c12-8-1-4-10(15-7-8)11(16)14-6-5-13-9-2-3-9/h1,4,7,9,13H,2-3,5-6H2,(H,14,16). The van der Waals surface area contributed by atoms with E-state index in [0.717, 1.165) is 12.7 Å². The Morgan fingerprint density at radius 3 is 2.88 bits per heavy atom. The Balaban J connectivity index is 1.71. The van der Waals surface area contributed by atoms with Crippen LogP contribution in [0.1, 0.15) is 23.3 Å². The summed E-state index contributed by atoms with van der Waals surface area (Å²) in [5, 5.41) is 5.99. The molecule has 1 amide bonds. The van der Waals surface area contributed by atoms with Crippen LogP contribution in [0.4, 0.5) is 4.39 Å². The molecule has 2 N–H and O–H groups in total. The predicted molar refractivity (Wildman–Crippen MR) is 57.6 cm³/mol. The third kappa shape index (κ3) is 3.27. The molecule has 1 fully saturated rings. The monoisotopic (exact) mass is 223 g/mol. The fraction of sp³-hybridized carbons (Fsp3) is 0.455. The average molecular weight is 223 g/mol. The summed E-state index contributed by atoms with van der Waals surface area (Å²) in [5.41, 5.74) is 0.243. The minimum Gasteiger partial charge on any atom is -0.349 e. The second kappa shape index (κ2) is 5.03. The Bertz CT molecular complexity index is 362. The number of rotatable bonds is 5. The van der Waals surface area contributed by atoms with Crippen molar-refractivity contribution in [2.75, 3.05) is 13.1 Å². The Kier molecular flexibility index (Phi) is 3.46. The molecule has 86 valence electrons. The highest BCUT2D eigenvalue weighted by molar-refractivity contribution is 5.92. The molecule has 0 aliphatic heterocycles. The third-order valence-corrected chi connectivity index (χ3v) is 2.38. The molecule has 4 nitrogen and oxygen atoms in total. The lowest BCUT2D eigenvalue weighted by molar-refractivity contribution is 0.0949. The van der Waals surface area contributed by atoms with E-state index in [2.05, 4.69) is 15.6 Å². The molecule has 1 saturated carbocycles. The highest BCUT2D eigenvalue weighted by Gasteiger charge is 2.19. The quantitative estimate of drug-likeness (QED) is 0.722. The molecular weight excluding hydrogens is 209 g/mol. The summed E-state index contributed by atoms with van der Waals surface area (Å²) in [4.78, 5) is 15.2. The molecule has 1 aliphatic rings. The first-order valence-electron chi connectivity index (χ1n) is 5.39. The molecule has 5 heteroatoms. The zero-order chi connectivity index (χ0) is 11.4. The van der Waals surface area contributed by atoms with Crippen LogP contribution in [0.2, 0.25) is 0 Å². The van der Waals surface area contributed by atoms with Gasteiger partial charge >= 0.3 is 0 Å². The van der Waals surface area contributed by atoms with E-state index < -0.39 is 5.82 Å². The maximum Gasteiger partial charge on any atom is 0.269 e. The smallest absolute Gasteiger partial charge is 0.269 e. The van der Waals surface area contributed by atoms with Gasteiger partial charge in [0.25, 0.3) is 5.91 Å². The van der Waals surface area contributed by atoms with Crippen molar-refractivity contribution in [3.05, 3.63) is 29.8 Å². The van der Waals surface area contributed by atoms with Crippen molar-refractivity contribution in [2.45, 2.75) is 18.9 Å². The van der Waals surface area contributed by atoms with Crippen molar-refractivity contribution in [3.63, 3.8) is 0 Å². The highest BCUT2D eigenvalue weighted by Crippen LogP contribution is 2.17. The summed E-state index contributed by atoms with van der Waals surface area (Å²) in [6, 6.07) is 3.24. The zero-order valence-electron chi connectivity index (χ0n) is 8.87. The van der Waals surface area contributed by atoms with E-state index in [1.54, 1.807) is 0 Å². The van der Waals surface area contributed by atoms with E-state index in [1.165, 1.54) is 25.0 Å². The molecule has 1 aromatic heterocycles. The molecule has 0 unspecified atom stereocenters. The number of nitrogens with one attached hydrogen (secondary N) is 2. The second-order valence-electron chi connectivity index (χ2n) is 3.85. The SMILES string of the molecule is O=C(NCCNC1CC1)c1ccc(F)cn1. The topological polar surface area (TPSA) is 54.0 Å². The molecule has 1 heterocycles. The number of pyridine rings is 1.